The van der Waals surface area contributed by atoms with Crippen molar-refractivity contribution in [1.82, 2.24) is 14.5 Å². The van der Waals surface area contributed by atoms with Gasteiger partial charge in [-0.15, -0.1) is 0 Å². The van der Waals surface area contributed by atoms with Crippen molar-refractivity contribution < 1.29 is 9.53 Å². The molecular weight excluding hydrogens is 326 g/mol. The number of carbonyl (C=O) groups excluding carboxylic acids is 1. The molecule has 0 saturated carbocycles. The number of carbonyl (C=O) groups is 1. The molecule has 0 unspecified atom stereocenters. The SMILES string of the molecule is COc1ccc(C(=O)N2CC(n3c(C(C)C)nc4ccccc43)C2)cc1. The summed E-state index contributed by atoms with van der Waals surface area (Å²) < 4.78 is 7.47. The molecule has 26 heavy (non-hydrogen) atoms. The van der Waals surface area contributed by atoms with E-state index < -0.39 is 0 Å². The van der Waals surface area contributed by atoms with Crippen molar-refractivity contribution >= 4 is 16.9 Å². The number of fused-ring (bicyclic) bond motifs is 1. The van der Waals surface area contributed by atoms with E-state index >= 15 is 0 Å². The Morgan fingerprint density at radius 2 is 1.81 bits per heavy atom. The van der Waals surface area contributed by atoms with E-state index in [1.807, 2.05) is 41.3 Å². The van der Waals surface area contributed by atoms with Gasteiger partial charge in [0.15, 0.2) is 0 Å². The second-order valence-corrected chi connectivity index (χ2v) is 7.08. The number of para-hydroxylation sites is 2. The Balaban J connectivity index is 1.55. The van der Waals surface area contributed by atoms with E-state index in [9.17, 15) is 4.79 Å². The number of likely N-dealkylation sites (tertiary alicyclic amines) is 1. The third-order valence-corrected chi connectivity index (χ3v) is 4.99. The first kappa shape index (κ1) is 16.6. The molecule has 0 atom stereocenters. The largest absolute Gasteiger partial charge is 0.497 e. The summed E-state index contributed by atoms with van der Waals surface area (Å²) in [6.07, 6.45) is 0. The zero-order chi connectivity index (χ0) is 18.3. The van der Waals surface area contributed by atoms with E-state index in [4.69, 9.17) is 9.72 Å². The number of aromatic nitrogens is 2. The smallest absolute Gasteiger partial charge is 0.254 e. The van der Waals surface area contributed by atoms with E-state index in [-0.39, 0.29) is 11.9 Å². The molecule has 134 valence electrons. The molecule has 1 aliphatic heterocycles. The number of nitrogens with zero attached hydrogens (tertiary/aromatic N) is 3. The molecule has 0 spiro atoms. The molecule has 4 rings (SSSR count). The highest BCUT2D eigenvalue weighted by Crippen LogP contribution is 2.31. The Hall–Kier alpha value is -2.82. The van der Waals surface area contributed by atoms with Crippen LogP contribution in [0.3, 0.4) is 0 Å². The fraction of sp³-hybridized carbons (Fsp3) is 0.333. The normalized spacial score (nSPS) is 14.7. The lowest BCUT2D eigenvalue weighted by Gasteiger charge is -2.41. The zero-order valence-corrected chi connectivity index (χ0v) is 15.3. The topological polar surface area (TPSA) is 47.4 Å². The first-order chi connectivity index (χ1) is 12.6. The summed E-state index contributed by atoms with van der Waals surface area (Å²) in [5.74, 6) is 2.26. The quantitative estimate of drug-likeness (QED) is 0.718. The monoisotopic (exact) mass is 349 g/mol. The van der Waals surface area contributed by atoms with Gasteiger partial charge in [-0.2, -0.15) is 0 Å². The average Bonchev–Trinajstić information content (AvgIpc) is 3.00. The Kier molecular flexibility index (Phi) is 4.15. The Labute approximate surface area is 153 Å². The predicted octanol–water partition coefficient (Wildman–Crippen LogP) is 3.87. The van der Waals surface area contributed by atoms with E-state index in [0.717, 1.165) is 22.6 Å². The standard InChI is InChI=1S/C21H23N3O2/c1-14(2)20-22-18-6-4-5-7-19(18)24(20)16-12-23(13-16)21(25)15-8-10-17(26-3)11-9-15/h4-11,14,16H,12-13H2,1-3H3. The number of rotatable bonds is 4. The summed E-state index contributed by atoms with van der Waals surface area (Å²) in [6, 6.07) is 15.8. The minimum atomic E-state index is 0.0689. The first-order valence-corrected chi connectivity index (χ1v) is 8.98. The molecule has 1 aliphatic rings. The van der Waals surface area contributed by atoms with Gasteiger partial charge in [-0.05, 0) is 36.4 Å². The van der Waals surface area contributed by atoms with Gasteiger partial charge in [0.25, 0.3) is 5.91 Å². The highest BCUT2D eigenvalue weighted by molar-refractivity contribution is 5.95. The van der Waals surface area contributed by atoms with Gasteiger partial charge in [0.2, 0.25) is 0 Å². The fourth-order valence-electron chi connectivity index (χ4n) is 3.55. The molecule has 1 saturated heterocycles. The van der Waals surface area contributed by atoms with Gasteiger partial charge < -0.3 is 14.2 Å². The fourth-order valence-corrected chi connectivity index (χ4v) is 3.55. The minimum Gasteiger partial charge on any atom is -0.497 e. The van der Waals surface area contributed by atoms with Gasteiger partial charge in [0, 0.05) is 24.6 Å². The number of imidazole rings is 1. The third kappa shape index (κ3) is 2.73. The third-order valence-electron chi connectivity index (χ3n) is 4.99. The second-order valence-electron chi connectivity index (χ2n) is 7.08. The van der Waals surface area contributed by atoms with Crippen molar-refractivity contribution in [1.29, 1.82) is 0 Å². The summed E-state index contributed by atoms with van der Waals surface area (Å²) in [5, 5.41) is 0. The van der Waals surface area contributed by atoms with Gasteiger partial charge in [-0.25, -0.2) is 4.98 Å². The van der Waals surface area contributed by atoms with Gasteiger partial charge >= 0.3 is 0 Å². The van der Waals surface area contributed by atoms with Crippen LogP contribution < -0.4 is 4.74 Å². The molecule has 2 aromatic carbocycles. The Bertz CT molecular complexity index is 938. The number of benzene rings is 2. The maximum Gasteiger partial charge on any atom is 0.254 e. The van der Waals surface area contributed by atoms with Gasteiger partial charge in [0.1, 0.15) is 11.6 Å². The lowest BCUT2D eigenvalue weighted by Crippen LogP contribution is -2.51. The van der Waals surface area contributed by atoms with E-state index in [1.165, 1.54) is 0 Å². The molecule has 0 N–H and O–H groups in total. The lowest BCUT2D eigenvalue weighted by molar-refractivity contribution is 0.0521. The summed E-state index contributed by atoms with van der Waals surface area (Å²) in [5.41, 5.74) is 2.87. The molecular formula is C21H23N3O2. The summed E-state index contributed by atoms with van der Waals surface area (Å²) in [7, 11) is 1.62. The van der Waals surface area contributed by atoms with Gasteiger partial charge in [-0.1, -0.05) is 26.0 Å². The molecule has 3 aromatic rings. The van der Waals surface area contributed by atoms with E-state index in [2.05, 4.69) is 30.5 Å². The number of hydrogen-bond donors (Lipinski definition) is 0. The van der Waals surface area contributed by atoms with Gasteiger partial charge in [-0.3, -0.25) is 4.79 Å². The Morgan fingerprint density at radius 3 is 2.46 bits per heavy atom. The molecule has 1 aromatic heterocycles. The van der Waals surface area contributed by atoms with Crippen molar-refractivity contribution in [3.05, 3.63) is 59.9 Å². The second kappa shape index (κ2) is 6.48. The van der Waals surface area contributed by atoms with Gasteiger partial charge in [0.05, 0.1) is 24.2 Å². The number of amides is 1. The maximum atomic E-state index is 12.7. The van der Waals surface area contributed by atoms with Crippen LogP contribution in [0.4, 0.5) is 0 Å². The molecule has 5 nitrogen and oxygen atoms in total. The summed E-state index contributed by atoms with van der Waals surface area (Å²) in [6.45, 7) is 5.75. The van der Waals surface area contributed by atoms with Crippen LogP contribution in [0.15, 0.2) is 48.5 Å². The van der Waals surface area contributed by atoms with Crippen LogP contribution in [-0.2, 0) is 0 Å². The first-order valence-electron chi connectivity index (χ1n) is 8.98. The van der Waals surface area contributed by atoms with Crippen LogP contribution in [0, 0.1) is 0 Å². The Morgan fingerprint density at radius 1 is 1.12 bits per heavy atom. The molecule has 0 bridgehead atoms. The summed E-state index contributed by atoms with van der Waals surface area (Å²) >= 11 is 0. The number of methoxy groups -OCH3 is 1. The van der Waals surface area contributed by atoms with Crippen molar-refractivity contribution in [2.24, 2.45) is 0 Å². The number of ether oxygens (including phenoxy) is 1. The van der Waals surface area contributed by atoms with Crippen LogP contribution in [0.5, 0.6) is 5.75 Å². The van der Waals surface area contributed by atoms with E-state index in [0.29, 0.717) is 24.6 Å². The minimum absolute atomic E-state index is 0.0689. The number of hydrogen-bond acceptors (Lipinski definition) is 3. The maximum absolute atomic E-state index is 12.7. The molecule has 1 amide bonds. The zero-order valence-electron chi connectivity index (χ0n) is 15.3. The molecule has 5 heteroatoms. The molecule has 0 radical (unpaired) electrons. The van der Waals surface area contributed by atoms with Crippen molar-refractivity contribution in [2.45, 2.75) is 25.8 Å². The van der Waals surface area contributed by atoms with Crippen molar-refractivity contribution in [3.8, 4) is 5.75 Å². The molecule has 0 aliphatic carbocycles. The van der Waals surface area contributed by atoms with Crippen LogP contribution in [-0.4, -0.2) is 40.6 Å². The van der Waals surface area contributed by atoms with Crippen LogP contribution in [0.1, 0.15) is 42.0 Å². The van der Waals surface area contributed by atoms with Crippen LogP contribution >= 0.6 is 0 Å². The van der Waals surface area contributed by atoms with Crippen LogP contribution in [0.2, 0.25) is 0 Å². The molecule has 1 fully saturated rings. The van der Waals surface area contributed by atoms with Crippen LogP contribution in [0.25, 0.3) is 11.0 Å². The van der Waals surface area contributed by atoms with E-state index in [1.54, 1.807) is 7.11 Å². The summed E-state index contributed by atoms with van der Waals surface area (Å²) in [4.78, 5) is 19.4. The average molecular weight is 349 g/mol. The van der Waals surface area contributed by atoms with Crippen molar-refractivity contribution in [2.75, 3.05) is 20.2 Å². The highest BCUT2D eigenvalue weighted by atomic mass is 16.5. The molecule has 2 heterocycles. The highest BCUT2D eigenvalue weighted by Gasteiger charge is 2.34. The lowest BCUT2D eigenvalue weighted by atomic mass is 10.0. The predicted molar refractivity (Wildman–Crippen MR) is 102 cm³/mol. The van der Waals surface area contributed by atoms with Crippen molar-refractivity contribution in [3.63, 3.8) is 0 Å².